The van der Waals surface area contributed by atoms with E-state index in [9.17, 15) is 8.42 Å². The Bertz CT molecular complexity index is 739. The van der Waals surface area contributed by atoms with Crippen molar-refractivity contribution in [3.05, 3.63) is 24.5 Å². The molecule has 0 amide bonds. The lowest BCUT2D eigenvalue weighted by atomic mass is 10.4. The van der Waals surface area contributed by atoms with E-state index in [1.54, 1.807) is 25.4 Å². The molecule has 9 heteroatoms. The van der Waals surface area contributed by atoms with Crippen LogP contribution in [-0.2, 0) is 14.8 Å². The van der Waals surface area contributed by atoms with Crippen LogP contribution in [0.5, 0.6) is 0 Å². The van der Waals surface area contributed by atoms with Crippen LogP contribution in [0.15, 0.2) is 29.4 Å². The number of hydrogen-bond acceptors (Lipinski definition) is 6. The monoisotopic (exact) mass is 325 g/mol. The molecule has 0 radical (unpaired) electrons. The summed E-state index contributed by atoms with van der Waals surface area (Å²) in [5, 5.41) is 7.98. The van der Waals surface area contributed by atoms with Crippen LogP contribution in [0.25, 0.3) is 5.52 Å². The number of likely N-dealkylation sites (N-methyl/N-ethyl adjacent to an activating group) is 1. The lowest BCUT2D eigenvalue weighted by Crippen LogP contribution is -2.41. The van der Waals surface area contributed by atoms with Crippen LogP contribution in [-0.4, -0.2) is 78.9 Å². The normalized spacial score (nSPS) is 17.4. The second-order valence-electron chi connectivity index (χ2n) is 5.19. The highest BCUT2D eigenvalue weighted by Gasteiger charge is 2.25. The van der Waals surface area contributed by atoms with Gasteiger partial charge in [0.25, 0.3) is 0 Å². The van der Waals surface area contributed by atoms with Crippen molar-refractivity contribution in [2.75, 3.05) is 46.4 Å². The molecule has 8 nitrogen and oxygen atoms in total. The first-order valence-corrected chi connectivity index (χ1v) is 8.58. The molecule has 0 saturated carbocycles. The molecular formula is C13H19N5O3S. The Morgan fingerprint density at radius 1 is 1.32 bits per heavy atom. The maximum Gasteiger partial charge on any atom is 0.246 e. The summed E-state index contributed by atoms with van der Waals surface area (Å²) in [6, 6.07) is 3.40. The molecule has 120 valence electrons. The molecule has 0 unspecified atom stereocenters. The van der Waals surface area contributed by atoms with E-state index in [4.69, 9.17) is 4.74 Å². The van der Waals surface area contributed by atoms with Gasteiger partial charge in [0.2, 0.25) is 10.0 Å². The maximum absolute atomic E-state index is 12.7. The van der Waals surface area contributed by atoms with Crippen LogP contribution in [0.2, 0.25) is 0 Å². The third-order valence-electron chi connectivity index (χ3n) is 3.79. The van der Waals surface area contributed by atoms with E-state index in [1.807, 2.05) is 0 Å². The molecule has 1 saturated heterocycles. The SMILES string of the molecule is CN(CCN1CCOCC1)S(=O)(=O)c1cnn2ncccc12. The largest absolute Gasteiger partial charge is 0.379 e. The zero-order valence-corrected chi connectivity index (χ0v) is 13.2. The summed E-state index contributed by atoms with van der Waals surface area (Å²) in [5.74, 6) is 0. The Labute approximate surface area is 129 Å². The van der Waals surface area contributed by atoms with Crippen molar-refractivity contribution in [3.8, 4) is 0 Å². The summed E-state index contributed by atoms with van der Waals surface area (Å²) < 4.78 is 33.3. The zero-order valence-electron chi connectivity index (χ0n) is 12.4. The van der Waals surface area contributed by atoms with Gasteiger partial charge < -0.3 is 4.74 Å². The molecule has 2 aromatic heterocycles. The molecule has 2 aromatic rings. The van der Waals surface area contributed by atoms with E-state index in [0.717, 1.165) is 13.1 Å². The number of fused-ring (bicyclic) bond motifs is 1. The van der Waals surface area contributed by atoms with Gasteiger partial charge in [0.05, 0.1) is 19.4 Å². The summed E-state index contributed by atoms with van der Waals surface area (Å²) in [4.78, 5) is 2.39. The summed E-state index contributed by atoms with van der Waals surface area (Å²) in [6.45, 7) is 4.21. The molecule has 1 aliphatic heterocycles. The molecule has 0 aromatic carbocycles. The Kier molecular flexibility index (Phi) is 4.39. The van der Waals surface area contributed by atoms with Crippen LogP contribution < -0.4 is 0 Å². The van der Waals surface area contributed by atoms with Gasteiger partial charge in [-0.25, -0.2) is 8.42 Å². The van der Waals surface area contributed by atoms with Crippen molar-refractivity contribution >= 4 is 15.5 Å². The van der Waals surface area contributed by atoms with Crippen LogP contribution >= 0.6 is 0 Å². The fraction of sp³-hybridized carbons (Fsp3) is 0.538. The van der Waals surface area contributed by atoms with Crippen molar-refractivity contribution in [2.45, 2.75) is 4.90 Å². The number of ether oxygens (including phenoxy) is 1. The van der Waals surface area contributed by atoms with Gasteiger partial charge in [0, 0.05) is 39.4 Å². The van der Waals surface area contributed by atoms with Crippen molar-refractivity contribution in [1.82, 2.24) is 24.0 Å². The summed E-state index contributed by atoms with van der Waals surface area (Å²) in [7, 11) is -1.98. The molecule has 0 bridgehead atoms. The van der Waals surface area contributed by atoms with Crippen molar-refractivity contribution in [2.24, 2.45) is 0 Å². The molecule has 3 rings (SSSR count). The van der Waals surface area contributed by atoms with Gasteiger partial charge >= 0.3 is 0 Å². The fourth-order valence-corrected chi connectivity index (χ4v) is 3.66. The smallest absolute Gasteiger partial charge is 0.246 e. The van der Waals surface area contributed by atoms with Crippen molar-refractivity contribution in [1.29, 1.82) is 0 Å². The predicted molar refractivity (Wildman–Crippen MR) is 80.1 cm³/mol. The summed E-state index contributed by atoms with van der Waals surface area (Å²) in [6.07, 6.45) is 2.92. The molecule has 0 N–H and O–H groups in total. The Balaban J connectivity index is 1.74. The molecule has 1 fully saturated rings. The minimum atomic E-state index is -3.57. The molecular weight excluding hydrogens is 306 g/mol. The second kappa shape index (κ2) is 6.29. The number of aromatic nitrogens is 3. The average Bonchev–Trinajstić information content (AvgIpc) is 2.98. The van der Waals surface area contributed by atoms with Crippen molar-refractivity contribution < 1.29 is 13.2 Å². The second-order valence-corrected chi connectivity index (χ2v) is 7.20. The first-order chi connectivity index (χ1) is 10.6. The summed E-state index contributed by atoms with van der Waals surface area (Å²) >= 11 is 0. The number of sulfonamides is 1. The minimum Gasteiger partial charge on any atom is -0.379 e. The lowest BCUT2D eigenvalue weighted by molar-refractivity contribution is 0.0368. The standard InChI is InChI=1S/C13H19N5O3S/c1-16(5-6-17-7-9-21-10-8-17)22(19,20)13-11-15-18-12(13)3-2-4-14-18/h2-4,11H,5-10H2,1H3. The van der Waals surface area contributed by atoms with E-state index in [2.05, 4.69) is 15.1 Å². The van der Waals surface area contributed by atoms with Gasteiger partial charge in [-0.1, -0.05) is 0 Å². The highest BCUT2D eigenvalue weighted by Crippen LogP contribution is 2.19. The van der Waals surface area contributed by atoms with Gasteiger partial charge in [-0.2, -0.15) is 19.1 Å². The van der Waals surface area contributed by atoms with Gasteiger partial charge in [-0.15, -0.1) is 0 Å². The van der Waals surface area contributed by atoms with Crippen LogP contribution in [0.3, 0.4) is 0 Å². The number of hydrogen-bond donors (Lipinski definition) is 0. The van der Waals surface area contributed by atoms with Gasteiger partial charge in [-0.3, -0.25) is 4.90 Å². The topological polar surface area (TPSA) is 80.0 Å². The maximum atomic E-state index is 12.7. The van der Waals surface area contributed by atoms with E-state index >= 15 is 0 Å². The Morgan fingerprint density at radius 3 is 2.86 bits per heavy atom. The van der Waals surface area contributed by atoms with E-state index in [1.165, 1.54) is 15.1 Å². The van der Waals surface area contributed by atoms with Crippen LogP contribution in [0, 0.1) is 0 Å². The quantitative estimate of drug-likeness (QED) is 0.750. The fourth-order valence-electron chi connectivity index (χ4n) is 2.40. The minimum absolute atomic E-state index is 0.185. The molecule has 3 heterocycles. The summed E-state index contributed by atoms with van der Waals surface area (Å²) in [5.41, 5.74) is 0.487. The highest BCUT2D eigenvalue weighted by atomic mass is 32.2. The van der Waals surface area contributed by atoms with Crippen LogP contribution in [0.1, 0.15) is 0 Å². The molecule has 22 heavy (non-hydrogen) atoms. The first-order valence-electron chi connectivity index (χ1n) is 7.14. The van der Waals surface area contributed by atoms with Gasteiger partial charge in [0.15, 0.2) is 0 Å². The van der Waals surface area contributed by atoms with Crippen LogP contribution in [0.4, 0.5) is 0 Å². The first kappa shape index (κ1) is 15.3. The average molecular weight is 325 g/mol. The zero-order chi connectivity index (χ0) is 15.6. The molecule has 0 spiro atoms. The number of morpholine rings is 1. The van der Waals surface area contributed by atoms with E-state index in [0.29, 0.717) is 31.8 Å². The van der Waals surface area contributed by atoms with E-state index in [-0.39, 0.29) is 4.90 Å². The molecule has 1 aliphatic rings. The Morgan fingerprint density at radius 2 is 2.09 bits per heavy atom. The molecule has 0 atom stereocenters. The van der Waals surface area contributed by atoms with E-state index < -0.39 is 10.0 Å². The molecule has 0 aliphatic carbocycles. The number of nitrogens with zero attached hydrogens (tertiary/aromatic N) is 5. The van der Waals surface area contributed by atoms with Gasteiger partial charge in [-0.05, 0) is 12.1 Å². The highest BCUT2D eigenvalue weighted by molar-refractivity contribution is 7.89. The lowest BCUT2D eigenvalue weighted by Gasteiger charge is -2.28. The van der Waals surface area contributed by atoms with Gasteiger partial charge in [0.1, 0.15) is 10.4 Å². The van der Waals surface area contributed by atoms with Crippen molar-refractivity contribution in [3.63, 3.8) is 0 Å². The third kappa shape index (κ3) is 2.98. The predicted octanol–water partition coefficient (Wildman–Crippen LogP) is -0.318. The Hall–Kier alpha value is -1.55. The third-order valence-corrected chi connectivity index (χ3v) is 5.67. The number of rotatable bonds is 5.